The van der Waals surface area contributed by atoms with Crippen LogP contribution in [0.15, 0.2) is 60.7 Å². The number of hydroxylamine groups is 2. The lowest BCUT2D eigenvalue weighted by molar-refractivity contribution is -0.202. The van der Waals surface area contributed by atoms with Gasteiger partial charge in [0.05, 0.1) is 24.8 Å². The summed E-state index contributed by atoms with van der Waals surface area (Å²) < 4.78 is 0. The van der Waals surface area contributed by atoms with Gasteiger partial charge in [0.25, 0.3) is 0 Å². The van der Waals surface area contributed by atoms with Gasteiger partial charge in [-0.2, -0.15) is 5.06 Å². The lowest BCUT2D eigenvalue weighted by Crippen LogP contribution is -2.53. The number of aliphatic hydroxyl groups is 1. The van der Waals surface area contributed by atoms with Crippen LogP contribution in [0.2, 0.25) is 0 Å². The molecule has 4 nitrogen and oxygen atoms in total. The highest BCUT2D eigenvalue weighted by Gasteiger charge is 2.60. The predicted molar refractivity (Wildman–Crippen MR) is 111 cm³/mol. The molecule has 0 aliphatic carbocycles. The molecule has 0 saturated carbocycles. The fourth-order valence-corrected chi connectivity index (χ4v) is 4.93. The topological polar surface area (TPSA) is 35.9 Å². The average Bonchev–Trinajstić information content (AvgIpc) is 3.13. The van der Waals surface area contributed by atoms with Crippen molar-refractivity contribution in [2.24, 2.45) is 5.41 Å². The highest BCUT2D eigenvalue weighted by atomic mass is 16.7. The molecule has 2 heterocycles. The van der Waals surface area contributed by atoms with Crippen LogP contribution in [0.1, 0.15) is 44.9 Å². The number of likely N-dealkylation sites (tertiary alicyclic amines) is 1. The van der Waals surface area contributed by atoms with Crippen molar-refractivity contribution in [3.63, 3.8) is 0 Å². The molecular formula is C24H32N2O2. The van der Waals surface area contributed by atoms with Gasteiger partial charge in [-0.05, 0) is 31.9 Å². The molecule has 0 bridgehead atoms. The maximum atomic E-state index is 11.5. The molecule has 4 heteroatoms. The van der Waals surface area contributed by atoms with Gasteiger partial charge >= 0.3 is 0 Å². The fraction of sp³-hybridized carbons (Fsp3) is 0.500. The molecule has 2 aliphatic heterocycles. The monoisotopic (exact) mass is 380 g/mol. The number of benzene rings is 2. The Kier molecular flexibility index (Phi) is 5.09. The van der Waals surface area contributed by atoms with E-state index in [0.717, 1.165) is 18.7 Å². The summed E-state index contributed by atoms with van der Waals surface area (Å²) in [5.41, 5.74) is 2.11. The van der Waals surface area contributed by atoms with E-state index in [1.165, 1.54) is 5.56 Å². The minimum Gasteiger partial charge on any atom is -0.387 e. The number of aliphatic hydroxyl groups excluding tert-OH is 1. The minimum atomic E-state index is -0.566. The van der Waals surface area contributed by atoms with E-state index in [1.54, 1.807) is 0 Å². The molecule has 2 fully saturated rings. The van der Waals surface area contributed by atoms with Crippen LogP contribution in [0.3, 0.4) is 0 Å². The van der Waals surface area contributed by atoms with E-state index in [0.29, 0.717) is 6.61 Å². The molecule has 2 saturated heterocycles. The maximum Gasteiger partial charge on any atom is 0.0961 e. The summed E-state index contributed by atoms with van der Waals surface area (Å²) in [4.78, 5) is 8.66. The molecule has 0 unspecified atom stereocenters. The van der Waals surface area contributed by atoms with Gasteiger partial charge < -0.3 is 5.11 Å². The largest absolute Gasteiger partial charge is 0.387 e. The Morgan fingerprint density at radius 2 is 1.68 bits per heavy atom. The van der Waals surface area contributed by atoms with E-state index in [1.807, 2.05) is 30.3 Å². The van der Waals surface area contributed by atoms with Gasteiger partial charge in [-0.3, -0.25) is 9.74 Å². The van der Waals surface area contributed by atoms with Crippen LogP contribution in [0.25, 0.3) is 0 Å². The molecular weight excluding hydrogens is 348 g/mol. The van der Waals surface area contributed by atoms with Gasteiger partial charge in [0.2, 0.25) is 0 Å². The highest BCUT2D eigenvalue weighted by Crippen LogP contribution is 2.49. The normalized spacial score (nSPS) is 29.8. The fourth-order valence-electron chi connectivity index (χ4n) is 4.93. The van der Waals surface area contributed by atoms with Crippen LogP contribution >= 0.6 is 0 Å². The average molecular weight is 381 g/mol. The van der Waals surface area contributed by atoms with Crippen molar-refractivity contribution >= 4 is 0 Å². The van der Waals surface area contributed by atoms with Crippen LogP contribution in [0, 0.1) is 5.41 Å². The van der Waals surface area contributed by atoms with E-state index in [2.05, 4.69) is 68.0 Å². The number of hydrogen-bond donors (Lipinski definition) is 1. The summed E-state index contributed by atoms with van der Waals surface area (Å²) in [7, 11) is 0. The summed E-state index contributed by atoms with van der Waals surface area (Å²) in [6.45, 7) is 11.3. The Labute approximate surface area is 168 Å². The molecule has 0 radical (unpaired) electrons. The lowest BCUT2D eigenvalue weighted by Gasteiger charge is -2.41. The summed E-state index contributed by atoms with van der Waals surface area (Å²) >= 11 is 0. The molecule has 2 aromatic carbocycles. The van der Waals surface area contributed by atoms with E-state index in [-0.39, 0.29) is 23.0 Å². The third-order valence-corrected chi connectivity index (χ3v) is 6.16. The third-order valence-electron chi connectivity index (χ3n) is 6.16. The zero-order chi connectivity index (χ0) is 19.9. The molecule has 2 aromatic rings. The maximum absolute atomic E-state index is 11.5. The summed E-state index contributed by atoms with van der Waals surface area (Å²) in [6.07, 6.45) is -0.566. The smallest absolute Gasteiger partial charge is 0.0961 e. The summed E-state index contributed by atoms with van der Waals surface area (Å²) in [5, 5.41) is 13.6. The van der Waals surface area contributed by atoms with Gasteiger partial charge in [-0.1, -0.05) is 67.6 Å². The first-order valence-corrected chi connectivity index (χ1v) is 10.2. The standard InChI is InChI=1S/C24H32N2O2/c1-23(2,3)26-22-20(21(27)19-13-9-6-10-14-19)25(16-24(22,4)17-28-26)15-18-11-7-5-8-12-18/h5-14,20-22,27H,15-17H2,1-4H3/t20-,21+,22-,24-/m1/s1. The Hall–Kier alpha value is -1.72. The molecule has 4 rings (SSSR count). The van der Waals surface area contributed by atoms with E-state index >= 15 is 0 Å². The predicted octanol–water partition coefficient (Wildman–Crippen LogP) is 4.03. The van der Waals surface area contributed by atoms with Gasteiger partial charge in [0.1, 0.15) is 0 Å². The van der Waals surface area contributed by atoms with Crippen molar-refractivity contribution in [1.29, 1.82) is 0 Å². The van der Waals surface area contributed by atoms with Crippen LogP contribution in [-0.4, -0.2) is 45.8 Å². The first-order chi connectivity index (χ1) is 13.3. The summed E-state index contributed by atoms with van der Waals surface area (Å²) in [5.74, 6) is 0. The number of fused-ring (bicyclic) bond motifs is 1. The van der Waals surface area contributed by atoms with Gasteiger partial charge in [0.15, 0.2) is 0 Å². The van der Waals surface area contributed by atoms with E-state index in [4.69, 9.17) is 4.84 Å². The quantitative estimate of drug-likeness (QED) is 0.869. The Bertz CT molecular complexity index is 789. The number of nitrogens with zero attached hydrogens (tertiary/aromatic N) is 2. The zero-order valence-corrected chi connectivity index (χ0v) is 17.4. The SMILES string of the molecule is CC(C)(C)N1OC[C@@]2(C)CN(Cc3ccccc3)[C@H]([C@@H](O)c3ccccc3)[C@@H]12. The third kappa shape index (κ3) is 3.50. The molecule has 1 N–H and O–H groups in total. The van der Waals surface area contributed by atoms with E-state index < -0.39 is 6.10 Å². The Morgan fingerprint density at radius 1 is 1.07 bits per heavy atom. The minimum absolute atomic E-state index is 0.0114. The number of rotatable bonds is 4. The second-order valence-electron chi connectivity index (χ2n) is 9.61. The van der Waals surface area contributed by atoms with Crippen LogP contribution in [0.5, 0.6) is 0 Å². The van der Waals surface area contributed by atoms with Crippen molar-refractivity contribution in [1.82, 2.24) is 9.96 Å². The van der Waals surface area contributed by atoms with Crippen molar-refractivity contribution in [3.8, 4) is 0 Å². The first-order valence-electron chi connectivity index (χ1n) is 10.2. The molecule has 0 amide bonds. The van der Waals surface area contributed by atoms with Crippen LogP contribution in [0.4, 0.5) is 0 Å². The van der Waals surface area contributed by atoms with Gasteiger partial charge in [-0.25, -0.2) is 0 Å². The lowest BCUT2D eigenvalue weighted by atomic mass is 9.81. The molecule has 28 heavy (non-hydrogen) atoms. The van der Waals surface area contributed by atoms with Crippen LogP contribution in [-0.2, 0) is 11.4 Å². The summed E-state index contributed by atoms with van der Waals surface area (Å²) in [6, 6.07) is 20.7. The van der Waals surface area contributed by atoms with Crippen LogP contribution < -0.4 is 0 Å². The molecule has 150 valence electrons. The van der Waals surface area contributed by atoms with Crippen molar-refractivity contribution < 1.29 is 9.94 Å². The second kappa shape index (κ2) is 7.27. The Balaban J connectivity index is 1.72. The van der Waals surface area contributed by atoms with Crippen molar-refractivity contribution in [3.05, 3.63) is 71.8 Å². The van der Waals surface area contributed by atoms with Gasteiger partial charge in [-0.15, -0.1) is 0 Å². The zero-order valence-electron chi connectivity index (χ0n) is 17.4. The molecule has 0 aromatic heterocycles. The van der Waals surface area contributed by atoms with Gasteiger partial charge in [0, 0.05) is 24.0 Å². The highest BCUT2D eigenvalue weighted by molar-refractivity contribution is 5.24. The van der Waals surface area contributed by atoms with Crippen molar-refractivity contribution in [2.75, 3.05) is 13.2 Å². The molecule has 2 aliphatic rings. The van der Waals surface area contributed by atoms with Crippen molar-refractivity contribution in [2.45, 2.75) is 58.0 Å². The number of hydrogen-bond acceptors (Lipinski definition) is 4. The Morgan fingerprint density at radius 3 is 2.29 bits per heavy atom. The molecule has 4 atom stereocenters. The molecule has 0 spiro atoms. The first kappa shape index (κ1) is 19.6. The second-order valence-corrected chi connectivity index (χ2v) is 9.61. The van der Waals surface area contributed by atoms with E-state index in [9.17, 15) is 5.11 Å².